The van der Waals surface area contributed by atoms with E-state index >= 15 is 0 Å². The molecule has 0 aromatic heterocycles. The van der Waals surface area contributed by atoms with Gasteiger partial charge in [-0.25, -0.2) is 4.39 Å². The fraction of sp³-hybridized carbons (Fsp3) is 0.458. The van der Waals surface area contributed by atoms with Crippen LogP contribution in [0, 0.1) is 11.3 Å². The molecule has 0 amide bonds. The van der Waals surface area contributed by atoms with Gasteiger partial charge in [-0.3, -0.25) is 4.90 Å². The predicted octanol–water partition coefficient (Wildman–Crippen LogP) is 6.02. The maximum atomic E-state index is 14.0. The van der Waals surface area contributed by atoms with Crippen LogP contribution >= 0.6 is 0 Å². The van der Waals surface area contributed by atoms with E-state index in [1.54, 1.807) is 6.07 Å². The molecule has 2 aromatic rings. The van der Waals surface area contributed by atoms with E-state index in [1.807, 2.05) is 12.1 Å². The molecule has 1 fully saturated rings. The molecule has 0 N–H and O–H groups in total. The second-order valence-corrected chi connectivity index (χ2v) is 7.54. The molecule has 0 unspecified atom stereocenters. The summed E-state index contributed by atoms with van der Waals surface area (Å²) >= 11 is 0. The van der Waals surface area contributed by atoms with Crippen molar-refractivity contribution in [2.75, 3.05) is 6.54 Å². The first kappa shape index (κ1) is 21.1. The molecule has 2 nitrogen and oxygen atoms in total. The minimum Gasteiger partial charge on any atom is -0.297 e. The smallest absolute Gasteiger partial charge is 0.136 e. The van der Waals surface area contributed by atoms with E-state index < -0.39 is 5.67 Å². The molecule has 27 heavy (non-hydrogen) atoms. The lowest BCUT2D eigenvalue weighted by atomic mass is 10.0. The summed E-state index contributed by atoms with van der Waals surface area (Å²) in [6.07, 6.45) is 3.56. The summed E-state index contributed by atoms with van der Waals surface area (Å²) in [7, 11) is 0. The zero-order valence-corrected chi connectivity index (χ0v) is 16.8. The molecule has 0 radical (unpaired) electrons. The Bertz CT molecular complexity index is 712. The van der Waals surface area contributed by atoms with Gasteiger partial charge in [0.15, 0.2) is 0 Å². The van der Waals surface area contributed by atoms with Gasteiger partial charge in [0.05, 0.1) is 6.07 Å². The molecule has 0 atom stereocenters. The van der Waals surface area contributed by atoms with Crippen LogP contribution in [0.3, 0.4) is 0 Å². The Labute approximate surface area is 163 Å². The van der Waals surface area contributed by atoms with Crippen LogP contribution in [0.2, 0.25) is 0 Å². The van der Waals surface area contributed by atoms with Crippen LogP contribution in [-0.2, 0) is 18.6 Å². The highest BCUT2D eigenvalue weighted by molar-refractivity contribution is 5.30. The summed E-state index contributed by atoms with van der Waals surface area (Å²) < 4.78 is 14.0. The maximum Gasteiger partial charge on any atom is 0.136 e. The SMILES string of the molecule is CC#N.CC(C)N(CCCc1ccc(C2(F)CC2)cc1)Cc1ccccc1. The normalized spacial score (nSPS) is 14.4. The van der Waals surface area contributed by atoms with Crippen LogP contribution in [0.5, 0.6) is 0 Å². The predicted molar refractivity (Wildman–Crippen MR) is 110 cm³/mol. The lowest BCUT2D eigenvalue weighted by Crippen LogP contribution is -2.31. The molecule has 0 spiro atoms. The fourth-order valence-corrected chi connectivity index (χ4v) is 3.19. The van der Waals surface area contributed by atoms with Gasteiger partial charge in [-0.1, -0.05) is 54.6 Å². The summed E-state index contributed by atoms with van der Waals surface area (Å²) in [5.41, 5.74) is 2.53. The Morgan fingerprint density at radius 3 is 2.15 bits per heavy atom. The van der Waals surface area contributed by atoms with E-state index in [0.29, 0.717) is 18.9 Å². The molecule has 0 aliphatic heterocycles. The van der Waals surface area contributed by atoms with Crippen molar-refractivity contribution >= 4 is 0 Å². The van der Waals surface area contributed by atoms with Crippen molar-refractivity contribution in [3.05, 3.63) is 71.3 Å². The van der Waals surface area contributed by atoms with Crippen molar-refractivity contribution in [2.45, 2.75) is 64.7 Å². The summed E-state index contributed by atoms with van der Waals surface area (Å²) in [5, 5.41) is 7.32. The Balaban J connectivity index is 0.000000817. The monoisotopic (exact) mass is 366 g/mol. The molecule has 2 aromatic carbocycles. The summed E-state index contributed by atoms with van der Waals surface area (Å²) in [5.74, 6) is 0. The highest BCUT2D eigenvalue weighted by atomic mass is 19.1. The Kier molecular flexibility index (Phi) is 8.00. The number of benzene rings is 2. The second kappa shape index (κ2) is 10.2. The van der Waals surface area contributed by atoms with Gasteiger partial charge < -0.3 is 0 Å². The van der Waals surface area contributed by atoms with E-state index in [2.05, 4.69) is 61.2 Å². The Hall–Kier alpha value is -2.18. The zero-order valence-electron chi connectivity index (χ0n) is 16.8. The molecule has 144 valence electrons. The van der Waals surface area contributed by atoms with E-state index in [4.69, 9.17) is 5.26 Å². The minimum atomic E-state index is -1.01. The molecule has 3 heteroatoms. The molecule has 0 saturated heterocycles. The van der Waals surface area contributed by atoms with Crippen molar-refractivity contribution in [1.29, 1.82) is 5.26 Å². The molecule has 0 heterocycles. The fourth-order valence-electron chi connectivity index (χ4n) is 3.19. The van der Waals surface area contributed by atoms with Crippen molar-refractivity contribution in [1.82, 2.24) is 4.90 Å². The maximum absolute atomic E-state index is 14.0. The molecule has 1 aliphatic rings. The van der Waals surface area contributed by atoms with Crippen LogP contribution in [0.25, 0.3) is 0 Å². The topological polar surface area (TPSA) is 27.0 Å². The number of rotatable bonds is 8. The van der Waals surface area contributed by atoms with Gasteiger partial charge in [0.25, 0.3) is 0 Å². The third-order valence-corrected chi connectivity index (χ3v) is 5.03. The number of halogens is 1. The molecule has 1 saturated carbocycles. The van der Waals surface area contributed by atoms with Crippen LogP contribution in [0.4, 0.5) is 4.39 Å². The standard InChI is InChI=1S/C22H28FN.C2H3N/c1-18(2)24(17-20-7-4-3-5-8-20)16-6-9-19-10-12-21(13-11-19)22(23)14-15-22;1-2-3/h3-5,7-8,10-13,18H,6,9,14-17H2,1-2H3;1H3. The number of hydrogen-bond donors (Lipinski definition) is 0. The van der Waals surface area contributed by atoms with Gasteiger partial charge >= 0.3 is 0 Å². The van der Waals surface area contributed by atoms with Gasteiger partial charge in [0.1, 0.15) is 5.67 Å². The highest BCUT2D eigenvalue weighted by Gasteiger charge is 2.44. The van der Waals surface area contributed by atoms with Crippen LogP contribution in [0.15, 0.2) is 54.6 Å². The number of nitrogens with zero attached hydrogens (tertiary/aromatic N) is 2. The van der Waals surface area contributed by atoms with Crippen molar-refractivity contribution < 1.29 is 4.39 Å². The highest BCUT2D eigenvalue weighted by Crippen LogP contribution is 2.49. The number of nitriles is 1. The molecular weight excluding hydrogens is 335 g/mol. The summed E-state index contributed by atoms with van der Waals surface area (Å²) in [4.78, 5) is 2.52. The average Bonchev–Trinajstić information content (AvgIpc) is 3.41. The largest absolute Gasteiger partial charge is 0.297 e. The molecular formula is C24H31FN2. The van der Waals surface area contributed by atoms with Gasteiger partial charge in [0, 0.05) is 19.5 Å². The first-order valence-corrected chi connectivity index (χ1v) is 9.85. The first-order chi connectivity index (χ1) is 13.0. The first-order valence-electron chi connectivity index (χ1n) is 9.85. The summed E-state index contributed by atoms with van der Waals surface area (Å²) in [6.45, 7) is 8.03. The van der Waals surface area contributed by atoms with Crippen LogP contribution < -0.4 is 0 Å². The third-order valence-electron chi connectivity index (χ3n) is 5.03. The van der Waals surface area contributed by atoms with Gasteiger partial charge in [-0.15, -0.1) is 0 Å². The average molecular weight is 367 g/mol. The molecule has 1 aliphatic carbocycles. The minimum absolute atomic E-state index is 0.536. The molecule has 3 rings (SSSR count). The Morgan fingerprint density at radius 2 is 1.63 bits per heavy atom. The van der Waals surface area contributed by atoms with Crippen molar-refractivity contribution in [2.24, 2.45) is 0 Å². The van der Waals surface area contributed by atoms with Crippen molar-refractivity contribution in [3.63, 3.8) is 0 Å². The number of alkyl halides is 1. The zero-order chi connectivity index (χ0) is 19.7. The van der Waals surface area contributed by atoms with E-state index in [1.165, 1.54) is 18.1 Å². The van der Waals surface area contributed by atoms with Gasteiger partial charge in [0.2, 0.25) is 0 Å². The summed E-state index contributed by atoms with van der Waals surface area (Å²) in [6, 6.07) is 21.1. The lowest BCUT2D eigenvalue weighted by molar-refractivity contribution is 0.210. The lowest BCUT2D eigenvalue weighted by Gasteiger charge is -2.26. The van der Waals surface area contributed by atoms with Crippen molar-refractivity contribution in [3.8, 4) is 6.07 Å². The third kappa shape index (κ3) is 6.81. The van der Waals surface area contributed by atoms with E-state index in [0.717, 1.165) is 31.5 Å². The number of hydrogen-bond acceptors (Lipinski definition) is 2. The van der Waals surface area contributed by atoms with Gasteiger partial charge in [-0.05, 0) is 62.8 Å². The quantitative estimate of drug-likeness (QED) is 0.571. The van der Waals surface area contributed by atoms with E-state index in [9.17, 15) is 4.39 Å². The van der Waals surface area contributed by atoms with E-state index in [-0.39, 0.29) is 0 Å². The van der Waals surface area contributed by atoms with Crippen LogP contribution in [0.1, 0.15) is 56.7 Å². The van der Waals surface area contributed by atoms with Gasteiger partial charge in [-0.2, -0.15) is 5.26 Å². The Morgan fingerprint density at radius 1 is 1.04 bits per heavy atom. The van der Waals surface area contributed by atoms with Crippen LogP contribution in [-0.4, -0.2) is 17.5 Å². The number of aryl methyl sites for hydroxylation is 1. The second-order valence-electron chi connectivity index (χ2n) is 7.54. The molecule has 0 bridgehead atoms.